The van der Waals surface area contributed by atoms with Gasteiger partial charge in [0.1, 0.15) is 0 Å². The van der Waals surface area contributed by atoms with Crippen LogP contribution in [0.5, 0.6) is 0 Å². The summed E-state index contributed by atoms with van der Waals surface area (Å²) < 4.78 is 23.1. The van der Waals surface area contributed by atoms with Crippen molar-refractivity contribution in [2.75, 3.05) is 30.0 Å². The summed E-state index contributed by atoms with van der Waals surface area (Å²) in [6.45, 7) is 0.469. The number of hydrogen-bond donors (Lipinski definition) is 3. The van der Waals surface area contributed by atoms with E-state index >= 15 is 0 Å². The minimum atomic E-state index is -3.39. The lowest BCUT2D eigenvalue weighted by Gasteiger charge is -2.20. The van der Waals surface area contributed by atoms with E-state index in [1.54, 1.807) is 17.0 Å². The average molecular weight is 272 g/mol. The van der Waals surface area contributed by atoms with Crippen LogP contribution in [-0.2, 0) is 9.84 Å². The van der Waals surface area contributed by atoms with Crippen molar-refractivity contribution in [3.05, 3.63) is 18.2 Å². The maximum absolute atomic E-state index is 11.6. The zero-order chi connectivity index (χ0) is 13.5. The van der Waals surface area contributed by atoms with Crippen molar-refractivity contribution < 1.29 is 18.6 Å². The van der Waals surface area contributed by atoms with E-state index in [1.165, 1.54) is 6.07 Å². The first-order valence-corrected chi connectivity index (χ1v) is 7.39. The molecule has 7 heteroatoms. The Morgan fingerprint density at radius 3 is 2.33 bits per heavy atom. The number of nitrogen functional groups attached to an aromatic ring is 1. The molecule has 1 aliphatic rings. The largest absolute Gasteiger partial charge is 0.396 e. The predicted octanol–water partition coefficient (Wildman–Crippen LogP) is -0.786. The first-order chi connectivity index (χ1) is 8.30. The van der Waals surface area contributed by atoms with Crippen LogP contribution in [0.4, 0.5) is 11.4 Å². The zero-order valence-electron chi connectivity index (χ0n) is 9.94. The number of benzene rings is 1. The molecule has 1 aliphatic heterocycles. The maximum atomic E-state index is 11.6. The van der Waals surface area contributed by atoms with E-state index in [9.17, 15) is 18.6 Å². The van der Waals surface area contributed by atoms with Gasteiger partial charge in [0.2, 0.25) is 0 Å². The van der Waals surface area contributed by atoms with Crippen LogP contribution in [0.15, 0.2) is 23.1 Å². The molecule has 100 valence electrons. The molecule has 1 aromatic carbocycles. The molecule has 0 bridgehead atoms. The first-order valence-electron chi connectivity index (χ1n) is 5.50. The molecule has 1 saturated heterocycles. The van der Waals surface area contributed by atoms with Gasteiger partial charge in [0.05, 0.1) is 28.5 Å². The number of rotatable bonds is 2. The minimum absolute atomic E-state index is 0.0656. The van der Waals surface area contributed by atoms with Gasteiger partial charge in [0.25, 0.3) is 0 Å². The zero-order valence-corrected chi connectivity index (χ0v) is 10.8. The number of nitrogens with two attached hydrogens (primary N) is 1. The second kappa shape index (κ2) is 4.42. The van der Waals surface area contributed by atoms with Gasteiger partial charge in [-0.2, -0.15) is 0 Å². The summed E-state index contributed by atoms with van der Waals surface area (Å²) in [5, 5.41) is 19.0. The van der Waals surface area contributed by atoms with Gasteiger partial charge in [-0.1, -0.05) is 6.07 Å². The van der Waals surface area contributed by atoms with Crippen molar-refractivity contribution in [2.24, 2.45) is 0 Å². The van der Waals surface area contributed by atoms with Gasteiger partial charge in [-0.25, -0.2) is 8.42 Å². The maximum Gasteiger partial charge on any atom is 0.177 e. The van der Waals surface area contributed by atoms with Crippen molar-refractivity contribution in [1.82, 2.24) is 0 Å². The highest BCUT2D eigenvalue weighted by atomic mass is 32.2. The van der Waals surface area contributed by atoms with Crippen LogP contribution in [0.2, 0.25) is 0 Å². The highest BCUT2D eigenvalue weighted by molar-refractivity contribution is 7.90. The lowest BCUT2D eigenvalue weighted by Crippen LogP contribution is -2.22. The third-order valence-electron chi connectivity index (χ3n) is 3.04. The molecule has 0 amide bonds. The molecular formula is C11H16N2O4S. The number of hydrogen-bond acceptors (Lipinski definition) is 6. The quantitative estimate of drug-likeness (QED) is 0.610. The Morgan fingerprint density at radius 2 is 1.83 bits per heavy atom. The number of aliphatic hydroxyl groups excluding tert-OH is 2. The summed E-state index contributed by atoms with van der Waals surface area (Å²) in [6, 6.07) is 4.71. The molecule has 1 heterocycles. The predicted molar refractivity (Wildman–Crippen MR) is 68.2 cm³/mol. The van der Waals surface area contributed by atoms with Crippen molar-refractivity contribution in [1.29, 1.82) is 0 Å². The van der Waals surface area contributed by atoms with Crippen molar-refractivity contribution in [3.8, 4) is 0 Å². The van der Waals surface area contributed by atoms with E-state index < -0.39 is 22.0 Å². The molecule has 0 radical (unpaired) electrons. The monoisotopic (exact) mass is 272 g/mol. The summed E-state index contributed by atoms with van der Waals surface area (Å²) >= 11 is 0. The highest BCUT2D eigenvalue weighted by Crippen LogP contribution is 2.31. The van der Waals surface area contributed by atoms with E-state index in [0.717, 1.165) is 6.26 Å². The number of nitrogens with zero attached hydrogens (tertiary/aromatic N) is 1. The Morgan fingerprint density at radius 1 is 1.28 bits per heavy atom. The van der Waals surface area contributed by atoms with Crippen molar-refractivity contribution in [2.45, 2.75) is 17.1 Å². The number of aliphatic hydroxyl groups is 2. The van der Waals surface area contributed by atoms with E-state index in [-0.39, 0.29) is 23.7 Å². The van der Waals surface area contributed by atoms with E-state index in [4.69, 9.17) is 5.73 Å². The summed E-state index contributed by atoms with van der Waals surface area (Å²) in [5.41, 5.74) is 6.53. The van der Waals surface area contributed by atoms with Gasteiger partial charge < -0.3 is 20.8 Å². The van der Waals surface area contributed by atoms with Gasteiger partial charge in [-0.3, -0.25) is 0 Å². The molecule has 0 saturated carbocycles. The molecule has 0 spiro atoms. The van der Waals surface area contributed by atoms with Crippen molar-refractivity contribution >= 4 is 21.2 Å². The molecule has 2 atom stereocenters. The molecule has 0 aromatic heterocycles. The fraction of sp³-hybridized carbons (Fsp3) is 0.455. The van der Waals surface area contributed by atoms with Crippen LogP contribution in [0.25, 0.3) is 0 Å². The fourth-order valence-corrected chi connectivity index (χ4v) is 2.93. The topological polar surface area (TPSA) is 104 Å². The molecule has 2 rings (SSSR count). The van der Waals surface area contributed by atoms with Crippen LogP contribution < -0.4 is 10.6 Å². The smallest absolute Gasteiger partial charge is 0.177 e. The van der Waals surface area contributed by atoms with Gasteiger partial charge in [-0.05, 0) is 12.1 Å². The second-order valence-corrected chi connectivity index (χ2v) is 6.48. The molecule has 0 aliphatic carbocycles. The van der Waals surface area contributed by atoms with E-state index in [0.29, 0.717) is 5.69 Å². The van der Waals surface area contributed by atoms with E-state index in [1.807, 2.05) is 0 Å². The summed E-state index contributed by atoms with van der Waals surface area (Å²) in [4.78, 5) is 1.75. The molecular weight excluding hydrogens is 256 g/mol. The minimum Gasteiger partial charge on any atom is -0.396 e. The number of para-hydroxylation sites is 1. The van der Waals surface area contributed by atoms with Crippen molar-refractivity contribution in [3.63, 3.8) is 0 Å². The number of sulfone groups is 1. The Labute approximate surface area is 106 Å². The summed E-state index contributed by atoms with van der Waals surface area (Å²) in [7, 11) is -3.39. The lowest BCUT2D eigenvalue weighted by atomic mass is 10.2. The Hall–Kier alpha value is -1.31. The van der Waals surface area contributed by atoms with Gasteiger partial charge >= 0.3 is 0 Å². The molecule has 18 heavy (non-hydrogen) atoms. The van der Waals surface area contributed by atoms with Gasteiger partial charge in [0, 0.05) is 19.3 Å². The standard InChI is InChI=1S/C11H16N2O4S/c1-18(16,17)10-4-2-3-7(11(10)12)13-5-8(14)9(15)6-13/h2-4,8-9,14-15H,5-6,12H2,1H3. The molecule has 1 aromatic rings. The third kappa shape index (κ3) is 2.29. The molecule has 6 nitrogen and oxygen atoms in total. The average Bonchev–Trinajstić information content (AvgIpc) is 2.57. The molecule has 2 unspecified atom stereocenters. The van der Waals surface area contributed by atoms with Crippen LogP contribution >= 0.6 is 0 Å². The Bertz CT molecular complexity index is 548. The third-order valence-corrected chi connectivity index (χ3v) is 4.20. The number of anilines is 2. The summed E-state index contributed by atoms with van der Waals surface area (Å²) in [6.07, 6.45) is -0.589. The van der Waals surface area contributed by atoms with Gasteiger partial charge in [0.15, 0.2) is 9.84 Å². The van der Waals surface area contributed by atoms with Crippen LogP contribution in [0.3, 0.4) is 0 Å². The van der Waals surface area contributed by atoms with Crippen LogP contribution in [-0.4, -0.2) is 50.2 Å². The Kier molecular flexibility index (Phi) is 3.22. The van der Waals surface area contributed by atoms with E-state index in [2.05, 4.69) is 0 Å². The van der Waals surface area contributed by atoms with Crippen LogP contribution in [0.1, 0.15) is 0 Å². The SMILES string of the molecule is CS(=O)(=O)c1cccc(N2CC(O)C(O)C2)c1N. The molecule has 4 N–H and O–H groups in total. The highest BCUT2D eigenvalue weighted by Gasteiger charge is 2.31. The first kappa shape index (κ1) is 13.1. The second-order valence-electron chi connectivity index (χ2n) is 4.50. The Balaban J connectivity index is 2.42. The summed E-state index contributed by atoms with van der Waals surface area (Å²) in [5.74, 6) is 0. The molecule has 1 fully saturated rings. The normalized spacial score (nSPS) is 24.5. The number of β-amino-alcohol motifs (C(OH)–C–C–N with tert-alkyl or cyclic N) is 2. The van der Waals surface area contributed by atoms with Crippen LogP contribution in [0, 0.1) is 0 Å². The lowest BCUT2D eigenvalue weighted by molar-refractivity contribution is 0.0572. The fourth-order valence-electron chi connectivity index (χ4n) is 2.10. The van der Waals surface area contributed by atoms with Gasteiger partial charge in [-0.15, -0.1) is 0 Å².